The molecule has 4 heteroatoms. The molecule has 0 spiro atoms. The topological polar surface area (TPSA) is 49.4 Å². The van der Waals surface area contributed by atoms with Gasteiger partial charge >= 0.3 is 0 Å². The van der Waals surface area contributed by atoms with Crippen molar-refractivity contribution in [3.05, 3.63) is 35.9 Å². The molecular weight excluding hydrogens is 252 g/mol. The molecule has 108 valence electrons. The number of hydrogen-bond donors (Lipinski definition) is 1. The van der Waals surface area contributed by atoms with Crippen molar-refractivity contribution in [1.29, 1.82) is 0 Å². The van der Waals surface area contributed by atoms with Gasteiger partial charge in [0.2, 0.25) is 11.8 Å². The van der Waals surface area contributed by atoms with E-state index in [1.807, 2.05) is 44.2 Å². The van der Waals surface area contributed by atoms with E-state index in [9.17, 15) is 9.59 Å². The predicted molar refractivity (Wildman–Crippen MR) is 78.0 cm³/mol. The van der Waals surface area contributed by atoms with Crippen molar-refractivity contribution in [2.24, 2.45) is 5.92 Å². The Hall–Kier alpha value is -1.84. The Morgan fingerprint density at radius 1 is 1.40 bits per heavy atom. The van der Waals surface area contributed by atoms with E-state index in [-0.39, 0.29) is 23.8 Å². The maximum Gasteiger partial charge on any atom is 0.225 e. The van der Waals surface area contributed by atoms with Crippen LogP contribution in [0.3, 0.4) is 0 Å². The van der Waals surface area contributed by atoms with Crippen LogP contribution in [-0.4, -0.2) is 29.8 Å². The van der Waals surface area contributed by atoms with Gasteiger partial charge in [-0.15, -0.1) is 0 Å². The number of carbonyl (C=O) groups excluding carboxylic acids is 2. The second kappa shape index (κ2) is 6.55. The molecule has 1 heterocycles. The summed E-state index contributed by atoms with van der Waals surface area (Å²) in [6.07, 6.45) is 1.27. The van der Waals surface area contributed by atoms with Crippen molar-refractivity contribution in [3.63, 3.8) is 0 Å². The highest BCUT2D eigenvalue weighted by Gasteiger charge is 2.34. The summed E-state index contributed by atoms with van der Waals surface area (Å²) in [4.78, 5) is 25.8. The van der Waals surface area contributed by atoms with Crippen molar-refractivity contribution in [3.8, 4) is 0 Å². The molecular formula is C16H22N2O2. The van der Waals surface area contributed by atoms with Gasteiger partial charge in [-0.2, -0.15) is 0 Å². The number of nitrogens with one attached hydrogen (secondary N) is 1. The first-order valence-electron chi connectivity index (χ1n) is 7.25. The van der Waals surface area contributed by atoms with Crippen LogP contribution in [-0.2, 0) is 9.59 Å². The van der Waals surface area contributed by atoms with E-state index in [4.69, 9.17) is 0 Å². The average Bonchev–Trinajstić information content (AvgIpc) is 2.82. The van der Waals surface area contributed by atoms with E-state index in [1.165, 1.54) is 0 Å². The van der Waals surface area contributed by atoms with E-state index in [1.54, 1.807) is 4.90 Å². The van der Waals surface area contributed by atoms with Crippen molar-refractivity contribution < 1.29 is 9.59 Å². The fraction of sp³-hybridized carbons (Fsp3) is 0.500. The molecule has 2 rings (SSSR count). The van der Waals surface area contributed by atoms with Crippen LogP contribution in [0.4, 0.5) is 0 Å². The second-order valence-corrected chi connectivity index (χ2v) is 5.38. The first-order valence-corrected chi connectivity index (χ1v) is 7.25. The first-order chi connectivity index (χ1) is 9.61. The lowest BCUT2D eigenvalue weighted by Crippen LogP contribution is -2.34. The fourth-order valence-corrected chi connectivity index (χ4v) is 2.59. The largest absolute Gasteiger partial charge is 0.349 e. The van der Waals surface area contributed by atoms with E-state index in [0.717, 1.165) is 18.5 Å². The molecule has 20 heavy (non-hydrogen) atoms. The summed E-state index contributed by atoms with van der Waals surface area (Å²) in [5.41, 5.74) is 1.08. The molecule has 4 nitrogen and oxygen atoms in total. The average molecular weight is 274 g/mol. The summed E-state index contributed by atoms with van der Waals surface area (Å²) < 4.78 is 0. The van der Waals surface area contributed by atoms with Gasteiger partial charge in [0.25, 0.3) is 0 Å². The monoisotopic (exact) mass is 274 g/mol. The SMILES string of the molecule is CCCN1CC(C(=O)NC(C)c2ccccc2)CC1=O. The van der Waals surface area contributed by atoms with Crippen molar-refractivity contribution in [1.82, 2.24) is 10.2 Å². The maximum atomic E-state index is 12.2. The summed E-state index contributed by atoms with van der Waals surface area (Å²) in [5, 5.41) is 3.00. The van der Waals surface area contributed by atoms with Gasteiger partial charge in [0.15, 0.2) is 0 Å². The summed E-state index contributed by atoms with van der Waals surface area (Å²) in [6, 6.07) is 9.83. The number of likely N-dealkylation sites (tertiary alicyclic amines) is 1. The number of benzene rings is 1. The van der Waals surface area contributed by atoms with Gasteiger partial charge in [0.05, 0.1) is 12.0 Å². The van der Waals surface area contributed by atoms with Gasteiger partial charge < -0.3 is 10.2 Å². The molecule has 1 aromatic rings. The number of hydrogen-bond acceptors (Lipinski definition) is 2. The Morgan fingerprint density at radius 3 is 2.75 bits per heavy atom. The van der Waals surface area contributed by atoms with Gasteiger partial charge in [-0.1, -0.05) is 37.3 Å². The zero-order valence-electron chi connectivity index (χ0n) is 12.1. The molecule has 2 unspecified atom stereocenters. The number of nitrogens with zero attached hydrogens (tertiary/aromatic N) is 1. The Morgan fingerprint density at radius 2 is 2.10 bits per heavy atom. The van der Waals surface area contributed by atoms with E-state index in [2.05, 4.69) is 5.32 Å². The maximum absolute atomic E-state index is 12.2. The molecule has 2 atom stereocenters. The van der Waals surface area contributed by atoms with E-state index in [0.29, 0.717) is 13.0 Å². The quantitative estimate of drug-likeness (QED) is 0.894. The van der Waals surface area contributed by atoms with E-state index < -0.39 is 0 Å². The Bertz CT molecular complexity index is 473. The molecule has 1 aliphatic heterocycles. The normalized spacial score (nSPS) is 20.0. The van der Waals surface area contributed by atoms with Gasteiger partial charge in [0, 0.05) is 19.5 Å². The van der Waals surface area contributed by atoms with Gasteiger partial charge in [-0.05, 0) is 18.9 Å². The zero-order chi connectivity index (χ0) is 14.5. The van der Waals surface area contributed by atoms with Crippen molar-refractivity contribution in [2.45, 2.75) is 32.7 Å². The molecule has 0 aromatic heterocycles. The first kappa shape index (κ1) is 14.6. The third kappa shape index (κ3) is 3.38. The molecule has 1 saturated heterocycles. The van der Waals surface area contributed by atoms with Crippen LogP contribution in [0.25, 0.3) is 0 Å². The van der Waals surface area contributed by atoms with Crippen LogP contribution in [0.2, 0.25) is 0 Å². The summed E-state index contributed by atoms with van der Waals surface area (Å²) in [7, 11) is 0. The lowest BCUT2D eigenvalue weighted by molar-refractivity contribution is -0.129. The van der Waals surface area contributed by atoms with Crippen molar-refractivity contribution in [2.75, 3.05) is 13.1 Å². The van der Waals surface area contributed by atoms with E-state index >= 15 is 0 Å². The van der Waals surface area contributed by atoms with Crippen LogP contribution < -0.4 is 5.32 Å². The highest BCUT2D eigenvalue weighted by molar-refractivity contribution is 5.89. The Labute approximate surface area is 120 Å². The second-order valence-electron chi connectivity index (χ2n) is 5.38. The third-order valence-electron chi connectivity index (χ3n) is 3.74. The molecule has 0 saturated carbocycles. The van der Waals surface area contributed by atoms with Crippen molar-refractivity contribution >= 4 is 11.8 Å². The Balaban J connectivity index is 1.91. The smallest absolute Gasteiger partial charge is 0.225 e. The molecule has 1 aliphatic rings. The van der Waals surface area contributed by atoms with Gasteiger partial charge in [-0.25, -0.2) is 0 Å². The Kier molecular flexibility index (Phi) is 4.77. The minimum absolute atomic E-state index is 0.0201. The van der Waals surface area contributed by atoms with Gasteiger partial charge in [-0.3, -0.25) is 9.59 Å². The minimum Gasteiger partial charge on any atom is -0.349 e. The van der Waals surface area contributed by atoms with Gasteiger partial charge in [0.1, 0.15) is 0 Å². The molecule has 2 amide bonds. The zero-order valence-corrected chi connectivity index (χ0v) is 12.1. The summed E-state index contributed by atoms with van der Waals surface area (Å²) in [5.74, 6) is -0.132. The third-order valence-corrected chi connectivity index (χ3v) is 3.74. The lowest BCUT2D eigenvalue weighted by atomic mass is 10.1. The molecule has 1 N–H and O–H groups in total. The number of amides is 2. The van der Waals surface area contributed by atoms with Crippen LogP contribution in [0.1, 0.15) is 38.3 Å². The molecule has 1 aromatic carbocycles. The predicted octanol–water partition coefficient (Wildman–Crippen LogP) is 2.12. The number of carbonyl (C=O) groups is 2. The fourth-order valence-electron chi connectivity index (χ4n) is 2.59. The molecule has 1 fully saturated rings. The summed E-state index contributed by atoms with van der Waals surface area (Å²) >= 11 is 0. The van der Waals surface area contributed by atoms with Crippen LogP contribution >= 0.6 is 0 Å². The standard InChI is InChI=1S/C16H22N2O2/c1-3-9-18-11-14(10-15(18)19)16(20)17-12(2)13-7-5-4-6-8-13/h4-8,12,14H,3,9-11H2,1-2H3,(H,17,20). The van der Waals surface area contributed by atoms with Crippen LogP contribution in [0, 0.1) is 5.92 Å². The molecule has 0 radical (unpaired) electrons. The van der Waals surface area contributed by atoms with Crippen LogP contribution in [0.5, 0.6) is 0 Å². The highest BCUT2D eigenvalue weighted by Crippen LogP contribution is 2.20. The summed E-state index contributed by atoms with van der Waals surface area (Å²) in [6.45, 7) is 5.31. The van der Waals surface area contributed by atoms with Crippen LogP contribution in [0.15, 0.2) is 30.3 Å². The minimum atomic E-state index is -0.208. The lowest BCUT2D eigenvalue weighted by Gasteiger charge is -2.18. The molecule has 0 aliphatic carbocycles. The number of rotatable bonds is 5. The molecule has 0 bridgehead atoms. The highest BCUT2D eigenvalue weighted by atomic mass is 16.2.